The van der Waals surface area contributed by atoms with Gasteiger partial charge >= 0.3 is 5.97 Å². The zero-order valence-electron chi connectivity index (χ0n) is 15.7. The maximum Gasteiger partial charge on any atom is 0.303 e. The lowest BCUT2D eigenvalue weighted by atomic mass is 9.59. The van der Waals surface area contributed by atoms with Gasteiger partial charge in [0.05, 0.1) is 12.2 Å². The Kier molecular flexibility index (Phi) is 5.00. The molecule has 4 nitrogen and oxygen atoms in total. The molecule has 4 rings (SSSR count). The molecule has 0 aromatic rings. The smallest absolute Gasteiger partial charge is 0.303 e. The van der Waals surface area contributed by atoms with E-state index in [9.17, 15) is 15.0 Å². The van der Waals surface area contributed by atoms with E-state index >= 15 is 0 Å². The van der Waals surface area contributed by atoms with Gasteiger partial charge in [-0.25, -0.2) is 0 Å². The number of rotatable bonds is 4. The zero-order chi connectivity index (χ0) is 18.4. The third-order valence-corrected chi connectivity index (χ3v) is 7.84. The molecule has 0 heterocycles. The van der Waals surface area contributed by atoms with Crippen LogP contribution in [-0.4, -0.2) is 33.5 Å². The molecule has 26 heavy (non-hydrogen) atoms. The van der Waals surface area contributed by atoms with Crippen LogP contribution in [0.5, 0.6) is 0 Å². The van der Waals surface area contributed by atoms with E-state index in [1.807, 2.05) is 0 Å². The summed E-state index contributed by atoms with van der Waals surface area (Å²) in [6.45, 7) is 2.17. The van der Waals surface area contributed by atoms with Gasteiger partial charge in [0.1, 0.15) is 0 Å². The number of hydrogen-bond acceptors (Lipinski definition) is 3. The first-order chi connectivity index (χ1) is 12.5. The van der Waals surface area contributed by atoms with E-state index in [0.29, 0.717) is 41.9 Å². The summed E-state index contributed by atoms with van der Waals surface area (Å²) in [5.41, 5.74) is 2.92. The lowest BCUT2D eigenvalue weighted by Crippen LogP contribution is -2.44. The Morgan fingerprint density at radius 1 is 1.12 bits per heavy atom. The minimum atomic E-state index is -0.720. The first kappa shape index (κ1) is 18.2. The standard InChI is InChI=1S/C22H32O4/c1-12(2-9-21(25)26)15-7-8-18-17-5-3-13-10-14(23)4-6-16(13)19(17)11-20(24)22(15)18/h3,5,12,14-16,18-20,22-24H,2,4,6-11H2,1H3,(H,25,26). The van der Waals surface area contributed by atoms with Crippen molar-refractivity contribution < 1.29 is 20.1 Å². The third-order valence-electron chi connectivity index (χ3n) is 7.84. The third kappa shape index (κ3) is 3.16. The molecule has 4 aliphatic rings. The summed E-state index contributed by atoms with van der Waals surface area (Å²) in [5, 5.41) is 30.0. The molecule has 0 radical (unpaired) electrons. The summed E-state index contributed by atoms with van der Waals surface area (Å²) < 4.78 is 0. The first-order valence-corrected chi connectivity index (χ1v) is 10.4. The lowest BCUT2D eigenvalue weighted by molar-refractivity contribution is -0.137. The Morgan fingerprint density at radius 2 is 1.88 bits per heavy atom. The van der Waals surface area contributed by atoms with E-state index in [1.165, 1.54) is 5.57 Å². The number of hydrogen-bond donors (Lipinski definition) is 3. The maximum atomic E-state index is 11.0. The number of aliphatic carboxylic acids is 1. The largest absolute Gasteiger partial charge is 0.481 e. The highest BCUT2D eigenvalue weighted by atomic mass is 16.4. The molecule has 0 bridgehead atoms. The topological polar surface area (TPSA) is 77.8 Å². The van der Waals surface area contributed by atoms with Crippen LogP contribution in [0, 0.1) is 35.5 Å². The summed E-state index contributed by atoms with van der Waals surface area (Å²) in [6, 6.07) is 0. The Hall–Kier alpha value is -1.13. The van der Waals surface area contributed by atoms with Crippen molar-refractivity contribution in [3.05, 3.63) is 23.3 Å². The SMILES string of the molecule is CC(CCC(=O)O)C1CCC2C3=CC=C4CC(O)CCC4C3CC(O)C21. The van der Waals surface area contributed by atoms with E-state index in [1.54, 1.807) is 5.57 Å². The molecule has 0 spiro atoms. The normalized spacial score (nSPS) is 42.8. The summed E-state index contributed by atoms with van der Waals surface area (Å²) in [5.74, 6) is 1.80. The Balaban J connectivity index is 1.54. The van der Waals surface area contributed by atoms with Crippen molar-refractivity contribution in [3.8, 4) is 0 Å². The minimum absolute atomic E-state index is 0.195. The van der Waals surface area contributed by atoms with Crippen molar-refractivity contribution in [2.45, 2.75) is 70.5 Å². The number of fused-ring (bicyclic) bond motifs is 5. The summed E-state index contributed by atoms with van der Waals surface area (Å²) in [7, 11) is 0. The van der Waals surface area contributed by atoms with Gasteiger partial charge in [-0.15, -0.1) is 0 Å². The van der Waals surface area contributed by atoms with Gasteiger partial charge in [0.15, 0.2) is 0 Å². The molecule has 3 saturated carbocycles. The van der Waals surface area contributed by atoms with E-state index in [2.05, 4.69) is 19.1 Å². The number of allylic oxidation sites excluding steroid dienone is 3. The molecule has 4 heteroatoms. The molecule has 0 aromatic carbocycles. The predicted octanol–water partition coefficient (Wildman–Crippen LogP) is 3.54. The van der Waals surface area contributed by atoms with Crippen LogP contribution in [0.3, 0.4) is 0 Å². The Labute approximate surface area is 156 Å². The molecule has 0 aromatic heterocycles. The van der Waals surface area contributed by atoms with Crippen molar-refractivity contribution in [2.75, 3.05) is 0 Å². The molecule has 0 aliphatic heterocycles. The van der Waals surface area contributed by atoms with Gasteiger partial charge in [0.25, 0.3) is 0 Å². The van der Waals surface area contributed by atoms with Crippen molar-refractivity contribution >= 4 is 5.97 Å². The maximum absolute atomic E-state index is 11.0. The summed E-state index contributed by atoms with van der Waals surface area (Å²) in [6.07, 6.45) is 10.8. The second-order valence-corrected chi connectivity index (χ2v) is 9.19. The molecule has 8 atom stereocenters. The van der Waals surface area contributed by atoms with Crippen LogP contribution in [0.2, 0.25) is 0 Å². The van der Waals surface area contributed by atoms with Gasteiger partial charge in [-0.05, 0) is 80.5 Å². The van der Waals surface area contributed by atoms with Gasteiger partial charge in [0.2, 0.25) is 0 Å². The van der Waals surface area contributed by atoms with Crippen LogP contribution in [0.15, 0.2) is 23.3 Å². The highest BCUT2D eigenvalue weighted by Crippen LogP contribution is 2.57. The van der Waals surface area contributed by atoms with E-state index < -0.39 is 5.97 Å². The van der Waals surface area contributed by atoms with Gasteiger partial charge in [-0.2, -0.15) is 0 Å². The first-order valence-electron chi connectivity index (χ1n) is 10.4. The molecule has 0 saturated heterocycles. The van der Waals surface area contributed by atoms with Crippen LogP contribution in [0.4, 0.5) is 0 Å². The second-order valence-electron chi connectivity index (χ2n) is 9.19. The van der Waals surface area contributed by atoms with Crippen LogP contribution in [0.25, 0.3) is 0 Å². The molecule has 3 N–H and O–H groups in total. The number of carboxylic acid groups (broad SMARTS) is 1. The molecular weight excluding hydrogens is 328 g/mol. The van der Waals surface area contributed by atoms with Crippen LogP contribution < -0.4 is 0 Å². The molecule has 8 unspecified atom stereocenters. The second kappa shape index (κ2) is 7.12. The summed E-state index contributed by atoms with van der Waals surface area (Å²) in [4.78, 5) is 10.9. The minimum Gasteiger partial charge on any atom is -0.481 e. The lowest BCUT2D eigenvalue weighted by Gasteiger charge is -2.47. The van der Waals surface area contributed by atoms with Gasteiger partial charge in [0, 0.05) is 6.42 Å². The zero-order valence-corrected chi connectivity index (χ0v) is 15.7. The quantitative estimate of drug-likeness (QED) is 0.717. The fraction of sp³-hybridized carbons (Fsp3) is 0.773. The van der Waals surface area contributed by atoms with Crippen molar-refractivity contribution in [1.82, 2.24) is 0 Å². The van der Waals surface area contributed by atoms with E-state index in [0.717, 1.165) is 38.5 Å². The average Bonchev–Trinajstić information content (AvgIpc) is 3.05. The Bertz CT molecular complexity index is 622. The number of aliphatic hydroxyl groups is 2. The van der Waals surface area contributed by atoms with E-state index in [-0.39, 0.29) is 18.6 Å². The van der Waals surface area contributed by atoms with Gasteiger partial charge in [-0.1, -0.05) is 30.2 Å². The molecule has 4 aliphatic carbocycles. The number of aliphatic hydroxyl groups excluding tert-OH is 2. The highest BCUT2D eigenvalue weighted by molar-refractivity contribution is 5.66. The van der Waals surface area contributed by atoms with Crippen LogP contribution in [-0.2, 0) is 4.79 Å². The summed E-state index contributed by atoms with van der Waals surface area (Å²) >= 11 is 0. The number of carboxylic acids is 1. The van der Waals surface area contributed by atoms with Crippen molar-refractivity contribution in [1.29, 1.82) is 0 Å². The monoisotopic (exact) mass is 360 g/mol. The van der Waals surface area contributed by atoms with Crippen molar-refractivity contribution in [2.24, 2.45) is 35.5 Å². The van der Waals surface area contributed by atoms with Crippen LogP contribution >= 0.6 is 0 Å². The Morgan fingerprint density at radius 3 is 2.65 bits per heavy atom. The average molecular weight is 360 g/mol. The van der Waals surface area contributed by atoms with E-state index in [4.69, 9.17) is 5.11 Å². The predicted molar refractivity (Wildman–Crippen MR) is 99.4 cm³/mol. The molecule has 144 valence electrons. The fourth-order valence-corrected chi connectivity index (χ4v) is 6.64. The fourth-order valence-electron chi connectivity index (χ4n) is 6.64. The van der Waals surface area contributed by atoms with Gasteiger partial charge < -0.3 is 15.3 Å². The highest BCUT2D eigenvalue weighted by Gasteiger charge is 2.51. The number of carbonyl (C=O) groups is 1. The van der Waals surface area contributed by atoms with Gasteiger partial charge in [-0.3, -0.25) is 4.79 Å². The van der Waals surface area contributed by atoms with Crippen molar-refractivity contribution in [3.63, 3.8) is 0 Å². The van der Waals surface area contributed by atoms with Crippen LogP contribution in [0.1, 0.15) is 58.3 Å². The molecule has 3 fully saturated rings. The molecular formula is C22H32O4. The molecule has 0 amide bonds.